The molecule has 2 amide bonds. The third kappa shape index (κ3) is 3.37. The summed E-state index contributed by atoms with van der Waals surface area (Å²) in [4.78, 5) is 52.3. The highest BCUT2D eigenvalue weighted by Gasteiger charge is 2.62. The normalized spacial score (nSPS) is 28.8. The summed E-state index contributed by atoms with van der Waals surface area (Å²) in [6.45, 7) is 3.10. The maximum atomic E-state index is 13.0. The molecule has 1 heterocycles. The maximum absolute atomic E-state index is 13.0. The topological polar surface area (TPSA) is 80.8 Å². The molecular weight excluding hydrogens is 394 g/mol. The number of carbonyl (C=O) groups excluding carboxylic acids is 4. The fourth-order valence-electron chi connectivity index (χ4n) is 5.32. The number of Topliss-reactive ketones (excluding diaryl/α,β-unsaturated/α-hetero) is 1. The van der Waals surface area contributed by atoms with Gasteiger partial charge in [0, 0.05) is 10.6 Å². The first-order chi connectivity index (χ1) is 13.8. The molecule has 6 nitrogen and oxygen atoms in total. The Balaban J connectivity index is 1.47. The molecule has 1 aromatic carbocycles. The van der Waals surface area contributed by atoms with Crippen LogP contribution in [0.5, 0.6) is 0 Å². The van der Waals surface area contributed by atoms with Gasteiger partial charge in [-0.05, 0) is 61.3 Å². The molecule has 4 rings (SSSR count). The molecule has 2 saturated carbocycles. The SMILES string of the molecule is CC(C)[C@H](C(=O)OCC(=O)c1ccc(Cl)cc1)N1C(=O)[C@H]2[C@@H]3CC[C@H](C3)[C@@H]2C1=O. The summed E-state index contributed by atoms with van der Waals surface area (Å²) >= 11 is 5.82. The van der Waals surface area contributed by atoms with Gasteiger partial charge in [-0.3, -0.25) is 19.3 Å². The van der Waals surface area contributed by atoms with Crippen molar-refractivity contribution in [2.75, 3.05) is 6.61 Å². The van der Waals surface area contributed by atoms with Gasteiger partial charge in [-0.25, -0.2) is 4.79 Å². The minimum absolute atomic E-state index is 0.244. The number of rotatable bonds is 6. The number of ether oxygens (including phenoxy) is 1. The van der Waals surface area contributed by atoms with E-state index in [0.29, 0.717) is 10.6 Å². The van der Waals surface area contributed by atoms with Crippen LogP contribution in [0, 0.1) is 29.6 Å². The number of likely N-dealkylation sites (tertiary alicyclic amines) is 1. The van der Waals surface area contributed by atoms with Crippen LogP contribution in [0.25, 0.3) is 0 Å². The largest absolute Gasteiger partial charge is 0.456 e. The predicted molar refractivity (Wildman–Crippen MR) is 105 cm³/mol. The summed E-state index contributed by atoms with van der Waals surface area (Å²) in [6.07, 6.45) is 2.89. The van der Waals surface area contributed by atoms with E-state index in [0.717, 1.165) is 24.2 Å². The minimum Gasteiger partial charge on any atom is -0.456 e. The van der Waals surface area contributed by atoms with E-state index in [1.807, 2.05) is 0 Å². The number of carbonyl (C=O) groups is 4. The van der Waals surface area contributed by atoms with Gasteiger partial charge >= 0.3 is 5.97 Å². The first kappa shape index (κ1) is 20.1. The average Bonchev–Trinajstić information content (AvgIpc) is 3.36. The molecule has 1 aromatic rings. The fourth-order valence-corrected chi connectivity index (χ4v) is 5.45. The first-order valence-electron chi connectivity index (χ1n) is 10.1. The highest BCUT2D eigenvalue weighted by atomic mass is 35.5. The van der Waals surface area contributed by atoms with E-state index >= 15 is 0 Å². The summed E-state index contributed by atoms with van der Waals surface area (Å²) in [5.41, 5.74) is 0.378. The van der Waals surface area contributed by atoms with E-state index in [9.17, 15) is 19.2 Å². The molecule has 5 atom stereocenters. The van der Waals surface area contributed by atoms with Gasteiger partial charge in [0.05, 0.1) is 11.8 Å². The zero-order valence-electron chi connectivity index (χ0n) is 16.5. The second-order valence-corrected chi connectivity index (χ2v) is 9.09. The van der Waals surface area contributed by atoms with Gasteiger partial charge in [0.1, 0.15) is 6.04 Å². The lowest BCUT2D eigenvalue weighted by Crippen LogP contribution is -2.50. The second kappa shape index (κ2) is 7.56. The molecule has 0 spiro atoms. The third-order valence-electron chi connectivity index (χ3n) is 6.62. The summed E-state index contributed by atoms with van der Waals surface area (Å²) in [6, 6.07) is 5.29. The van der Waals surface area contributed by atoms with E-state index in [1.165, 1.54) is 0 Å². The lowest BCUT2D eigenvalue weighted by atomic mass is 9.81. The van der Waals surface area contributed by atoms with Crippen LogP contribution in [-0.4, -0.2) is 41.1 Å². The van der Waals surface area contributed by atoms with Gasteiger partial charge in [0.25, 0.3) is 0 Å². The van der Waals surface area contributed by atoms with E-state index in [4.69, 9.17) is 16.3 Å². The molecule has 154 valence electrons. The van der Waals surface area contributed by atoms with E-state index in [1.54, 1.807) is 38.1 Å². The van der Waals surface area contributed by atoms with Crippen LogP contribution in [0.1, 0.15) is 43.5 Å². The Labute approximate surface area is 174 Å². The van der Waals surface area contributed by atoms with Gasteiger partial charge in [-0.15, -0.1) is 0 Å². The predicted octanol–water partition coefficient (Wildman–Crippen LogP) is 3.12. The highest BCUT2D eigenvalue weighted by molar-refractivity contribution is 6.30. The number of halogens is 1. The Kier molecular flexibility index (Phi) is 5.23. The average molecular weight is 418 g/mol. The number of imide groups is 1. The van der Waals surface area contributed by atoms with Crippen molar-refractivity contribution in [1.29, 1.82) is 0 Å². The summed E-state index contributed by atoms with van der Waals surface area (Å²) in [7, 11) is 0. The molecule has 0 aromatic heterocycles. The van der Waals surface area contributed by atoms with Crippen LogP contribution in [0.15, 0.2) is 24.3 Å². The molecule has 1 aliphatic heterocycles. The monoisotopic (exact) mass is 417 g/mol. The Morgan fingerprint density at radius 2 is 1.62 bits per heavy atom. The van der Waals surface area contributed by atoms with Crippen LogP contribution in [0.4, 0.5) is 0 Å². The van der Waals surface area contributed by atoms with Crippen molar-refractivity contribution in [3.05, 3.63) is 34.9 Å². The second-order valence-electron chi connectivity index (χ2n) is 8.66. The van der Waals surface area contributed by atoms with Crippen molar-refractivity contribution < 1.29 is 23.9 Å². The molecule has 29 heavy (non-hydrogen) atoms. The fraction of sp³-hybridized carbons (Fsp3) is 0.545. The van der Waals surface area contributed by atoms with Crippen LogP contribution < -0.4 is 0 Å². The molecule has 7 heteroatoms. The Morgan fingerprint density at radius 3 is 2.14 bits per heavy atom. The van der Waals surface area contributed by atoms with Crippen LogP contribution in [0.3, 0.4) is 0 Å². The Morgan fingerprint density at radius 1 is 1.07 bits per heavy atom. The van der Waals surface area contributed by atoms with Crippen molar-refractivity contribution in [2.24, 2.45) is 29.6 Å². The highest BCUT2D eigenvalue weighted by Crippen LogP contribution is 2.56. The van der Waals surface area contributed by atoms with E-state index < -0.39 is 18.6 Å². The molecule has 0 radical (unpaired) electrons. The quantitative estimate of drug-likeness (QED) is 0.403. The van der Waals surface area contributed by atoms with Crippen LogP contribution in [-0.2, 0) is 19.1 Å². The minimum atomic E-state index is -1.00. The number of ketones is 1. The van der Waals surface area contributed by atoms with E-state index in [2.05, 4.69) is 0 Å². The standard InChI is InChI=1S/C22H24ClNO5/c1-11(2)19(22(28)29-10-16(25)12-5-7-15(23)8-6-12)24-20(26)17-13-3-4-14(9-13)18(17)21(24)27/h5-8,11,13-14,17-19H,3-4,9-10H2,1-2H3/t13-,14-,17+,18+,19-/m1/s1. The van der Waals surface area contributed by atoms with E-state index in [-0.39, 0.29) is 47.2 Å². The number of fused-ring (bicyclic) bond motifs is 5. The van der Waals surface area contributed by atoms with Crippen molar-refractivity contribution in [1.82, 2.24) is 4.90 Å². The number of hydrogen-bond donors (Lipinski definition) is 0. The number of nitrogens with zero attached hydrogens (tertiary/aromatic N) is 1. The zero-order chi connectivity index (χ0) is 20.9. The first-order valence-corrected chi connectivity index (χ1v) is 10.5. The van der Waals surface area contributed by atoms with Gasteiger partial charge in [-0.1, -0.05) is 25.4 Å². The van der Waals surface area contributed by atoms with Crippen LogP contribution in [0.2, 0.25) is 5.02 Å². The lowest BCUT2D eigenvalue weighted by Gasteiger charge is -2.28. The molecule has 3 aliphatic rings. The van der Waals surface area contributed by atoms with Crippen molar-refractivity contribution in [3.8, 4) is 0 Å². The smallest absolute Gasteiger partial charge is 0.330 e. The Bertz CT molecular complexity index is 836. The van der Waals surface area contributed by atoms with Gasteiger partial charge in [0.15, 0.2) is 12.4 Å². The third-order valence-corrected chi connectivity index (χ3v) is 6.88. The van der Waals surface area contributed by atoms with Gasteiger partial charge < -0.3 is 4.74 Å². The summed E-state index contributed by atoms with van der Waals surface area (Å²) in [5.74, 6) is -1.94. The van der Waals surface area contributed by atoms with Crippen molar-refractivity contribution >= 4 is 35.2 Å². The molecule has 2 aliphatic carbocycles. The van der Waals surface area contributed by atoms with Crippen molar-refractivity contribution in [2.45, 2.75) is 39.2 Å². The number of esters is 1. The molecule has 2 bridgehead atoms. The summed E-state index contributed by atoms with van der Waals surface area (Å²) < 4.78 is 5.24. The molecule has 0 unspecified atom stereocenters. The molecule has 3 fully saturated rings. The molecule has 0 N–H and O–H groups in total. The molecule has 1 saturated heterocycles. The Hall–Kier alpha value is -2.21. The maximum Gasteiger partial charge on any atom is 0.330 e. The summed E-state index contributed by atoms with van der Waals surface area (Å²) in [5, 5.41) is 0.504. The van der Waals surface area contributed by atoms with Crippen molar-refractivity contribution in [3.63, 3.8) is 0 Å². The lowest BCUT2D eigenvalue weighted by molar-refractivity contribution is -0.160. The number of benzene rings is 1. The molecular formula is C22H24ClNO5. The van der Waals surface area contributed by atoms with Crippen LogP contribution >= 0.6 is 11.6 Å². The van der Waals surface area contributed by atoms with Gasteiger partial charge in [-0.2, -0.15) is 0 Å². The number of amides is 2. The number of hydrogen-bond acceptors (Lipinski definition) is 5. The van der Waals surface area contributed by atoms with Gasteiger partial charge in [0.2, 0.25) is 11.8 Å². The zero-order valence-corrected chi connectivity index (χ0v) is 17.2.